The predicted molar refractivity (Wildman–Crippen MR) is 68.9 cm³/mol. The van der Waals surface area contributed by atoms with E-state index in [4.69, 9.17) is 0 Å². The number of anilines is 1. The Morgan fingerprint density at radius 2 is 2.21 bits per heavy atom. The van der Waals surface area contributed by atoms with Crippen molar-refractivity contribution < 1.29 is 9.90 Å². The summed E-state index contributed by atoms with van der Waals surface area (Å²) >= 11 is 0. The van der Waals surface area contributed by atoms with Gasteiger partial charge in [-0.25, -0.2) is 0 Å². The molecule has 0 amide bonds. The van der Waals surface area contributed by atoms with Crippen LogP contribution in [-0.4, -0.2) is 38.4 Å². The number of rotatable bonds is 4. The van der Waals surface area contributed by atoms with Crippen molar-refractivity contribution in [3.63, 3.8) is 0 Å². The van der Waals surface area contributed by atoms with Gasteiger partial charge >= 0.3 is 5.97 Å². The Kier molecular flexibility index (Phi) is 2.62. The molecule has 1 aromatic heterocycles. The lowest BCUT2D eigenvalue weighted by molar-refractivity contribution is -0.151. The van der Waals surface area contributed by atoms with Gasteiger partial charge in [0.15, 0.2) is 11.5 Å². The van der Waals surface area contributed by atoms with Crippen molar-refractivity contribution in [2.75, 3.05) is 5.32 Å². The molecule has 0 bridgehead atoms. The lowest BCUT2D eigenvalue weighted by atomic mass is 9.73. The molecule has 1 fully saturated rings. The number of hydrogen-bond donors (Lipinski definition) is 3. The largest absolute Gasteiger partial charge is 0.481 e. The Labute approximate surface area is 109 Å². The van der Waals surface area contributed by atoms with Gasteiger partial charge in [0, 0.05) is 6.21 Å². The average Bonchev–Trinajstić information content (AvgIpc) is 3.11. The van der Waals surface area contributed by atoms with E-state index >= 15 is 0 Å². The fourth-order valence-electron chi connectivity index (χ4n) is 3.06. The van der Waals surface area contributed by atoms with Crippen LogP contribution in [0.1, 0.15) is 25.7 Å². The van der Waals surface area contributed by atoms with Crippen LogP contribution in [0.15, 0.2) is 23.3 Å². The molecule has 2 aliphatic rings. The summed E-state index contributed by atoms with van der Waals surface area (Å²) in [6.45, 7) is 0. The Morgan fingerprint density at radius 3 is 2.74 bits per heavy atom. The van der Waals surface area contributed by atoms with Crippen LogP contribution in [-0.2, 0) is 4.79 Å². The van der Waals surface area contributed by atoms with Crippen LogP contribution < -0.4 is 5.32 Å². The fraction of sp³-hybridized carbons (Fsp3) is 0.500. The van der Waals surface area contributed by atoms with E-state index in [1.807, 2.05) is 0 Å². The van der Waals surface area contributed by atoms with Gasteiger partial charge in [0.1, 0.15) is 5.41 Å². The van der Waals surface area contributed by atoms with Crippen LogP contribution in [0.2, 0.25) is 0 Å². The highest BCUT2D eigenvalue weighted by molar-refractivity contribution is 5.83. The second kappa shape index (κ2) is 4.18. The van der Waals surface area contributed by atoms with E-state index in [0.717, 1.165) is 12.8 Å². The standard InChI is InChI=1S/C12H15N5O2/c18-10(19)11(4-1-2-5-11)12(6-3-7-13-12)15-9-8-14-17-16-9/h3,6-8H,1-2,4-5H2,(H,18,19)(H2,14,15,16,17). The minimum atomic E-state index is -0.966. The van der Waals surface area contributed by atoms with Gasteiger partial charge in [0.25, 0.3) is 0 Å². The van der Waals surface area contributed by atoms with Crippen molar-refractivity contribution in [1.29, 1.82) is 0 Å². The molecular formula is C12H15N5O2. The molecule has 7 nitrogen and oxygen atoms in total. The quantitative estimate of drug-likeness (QED) is 0.755. The number of carboxylic acids is 1. The third kappa shape index (κ3) is 1.65. The van der Waals surface area contributed by atoms with Crippen LogP contribution in [0, 0.1) is 5.41 Å². The van der Waals surface area contributed by atoms with Crippen molar-refractivity contribution in [3.8, 4) is 0 Å². The fourth-order valence-corrected chi connectivity index (χ4v) is 3.06. The summed E-state index contributed by atoms with van der Waals surface area (Å²) in [5.74, 6) is -0.319. The van der Waals surface area contributed by atoms with Crippen LogP contribution in [0.3, 0.4) is 0 Å². The van der Waals surface area contributed by atoms with Crippen molar-refractivity contribution in [3.05, 3.63) is 18.3 Å². The Hall–Kier alpha value is -2.18. The van der Waals surface area contributed by atoms with Crippen molar-refractivity contribution >= 4 is 18.0 Å². The van der Waals surface area contributed by atoms with Gasteiger partial charge in [-0.1, -0.05) is 18.1 Å². The molecule has 0 radical (unpaired) electrons. The molecule has 1 saturated carbocycles. The molecule has 7 heteroatoms. The topological polar surface area (TPSA) is 103 Å². The number of aromatic amines is 1. The molecule has 0 saturated heterocycles. The summed E-state index contributed by atoms with van der Waals surface area (Å²) < 4.78 is 0. The molecule has 19 heavy (non-hydrogen) atoms. The van der Waals surface area contributed by atoms with Gasteiger partial charge in [-0.15, -0.1) is 5.10 Å². The zero-order valence-electron chi connectivity index (χ0n) is 10.3. The van der Waals surface area contributed by atoms with Gasteiger partial charge in [-0.05, 0) is 25.0 Å². The summed E-state index contributed by atoms with van der Waals surface area (Å²) in [5, 5.41) is 23.0. The van der Waals surface area contributed by atoms with E-state index in [1.54, 1.807) is 24.6 Å². The first-order valence-electron chi connectivity index (χ1n) is 6.30. The molecule has 100 valence electrons. The Morgan fingerprint density at radius 1 is 1.42 bits per heavy atom. The third-order valence-corrected chi connectivity index (χ3v) is 4.03. The molecule has 1 aromatic rings. The molecule has 3 N–H and O–H groups in total. The van der Waals surface area contributed by atoms with Crippen LogP contribution >= 0.6 is 0 Å². The third-order valence-electron chi connectivity index (χ3n) is 4.03. The second-order valence-corrected chi connectivity index (χ2v) is 4.98. The second-order valence-electron chi connectivity index (χ2n) is 4.98. The number of aliphatic imine (C=N–C) groups is 1. The average molecular weight is 261 g/mol. The van der Waals surface area contributed by atoms with E-state index in [9.17, 15) is 9.90 Å². The van der Waals surface area contributed by atoms with E-state index in [0.29, 0.717) is 18.7 Å². The highest BCUT2D eigenvalue weighted by Gasteiger charge is 2.58. The van der Waals surface area contributed by atoms with Crippen molar-refractivity contribution in [2.45, 2.75) is 31.3 Å². The van der Waals surface area contributed by atoms with Crippen molar-refractivity contribution in [1.82, 2.24) is 15.4 Å². The number of hydrogen-bond acceptors (Lipinski definition) is 5. The SMILES string of the molecule is O=C(O)C1(C2(Nc3c[nH]nn3)C=CC=N2)CCCC1. The molecule has 0 spiro atoms. The number of nitrogens with zero attached hydrogens (tertiary/aromatic N) is 3. The van der Waals surface area contributed by atoms with Crippen LogP contribution in [0.5, 0.6) is 0 Å². The number of nitrogens with one attached hydrogen (secondary N) is 2. The van der Waals surface area contributed by atoms with E-state index in [2.05, 4.69) is 25.7 Å². The lowest BCUT2D eigenvalue weighted by Crippen LogP contribution is -2.53. The number of aliphatic carboxylic acids is 1. The zero-order valence-corrected chi connectivity index (χ0v) is 10.3. The summed E-state index contributed by atoms with van der Waals surface area (Å²) in [6.07, 6.45) is 9.82. The van der Waals surface area contributed by atoms with Gasteiger partial charge in [0.2, 0.25) is 0 Å². The molecular weight excluding hydrogens is 246 g/mol. The lowest BCUT2D eigenvalue weighted by Gasteiger charge is -2.40. The maximum absolute atomic E-state index is 11.9. The van der Waals surface area contributed by atoms with Crippen LogP contribution in [0.25, 0.3) is 0 Å². The van der Waals surface area contributed by atoms with Crippen molar-refractivity contribution in [2.24, 2.45) is 10.4 Å². The number of allylic oxidation sites excluding steroid dienone is 1. The Bertz CT molecular complexity index is 516. The first kappa shape index (κ1) is 11.9. The Balaban J connectivity index is 2.02. The predicted octanol–water partition coefficient (Wildman–Crippen LogP) is 1.20. The summed E-state index contributed by atoms with van der Waals surface area (Å²) in [4.78, 5) is 16.3. The van der Waals surface area contributed by atoms with Gasteiger partial charge in [0.05, 0.1) is 6.20 Å². The number of carboxylic acid groups (broad SMARTS) is 1. The summed E-state index contributed by atoms with van der Waals surface area (Å²) in [7, 11) is 0. The van der Waals surface area contributed by atoms with E-state index < -0.39 is 17.0 Å². The molecule has 0 aromatic carbocycles. The maximum Gasteiger partial charge on any atom is 0.314 e. The first-order chi connectivity index (χ1) is 9.19. The summed E-state index contributed by atoms with van der Waals surface area (Å²) in [5.41, 5.74) is -1.89. The van der Waals surface area contributed by atoms with Crippen LogP contribution in [0.4, 0.5) is 5.82 Å². The maximum atomic E-state index is 11.9. The number of aromatic nitrogens is 3. The molecule has 1 atom stereocenters. The zero-order chi connectivity index (χ0) is 13.3. The normalized spacial score (nSPS) is 27.8. The first-order valence-corrected chi connectivity index (χ1v) is 6.30. The molecule has 3 rings (SSSR count). The number of carbonyl (C=O) groups is 1. The molecule has 1 aliphatic carbocycles. The van der Waals surface area contributed by atoms with Gasteiger partial charge < -0.3 is 10.4 Å². The van der Waals surface area contributed by atoms with Gasteiger partial charge in [-0.3, -0.25) is 14.9 Å². The minimum Gasteiger partial charge on any atom is -0.481 e. The van der Waals surface area contributed by atoms with E-state index in [-0.39, 0.29) is 0 Å². The molecule has 2 heterocycles. The van der Waals surface area contributed by atoms with E-state index in [1.165, 1.54) is 0 Å². The summed E-state index contributed by atoms with van der Waals surface area (Å²) in [6, 6.07) is 0. The monoisotopic (exact) mass is 261 g/mol. The minimum absolute atomic E-state index is 0.497. The highest BCUT2D eigenvalue weighted by atomic mass is 16.4. The smallest absolute Gasteiger partial charge is 0.314 e. The highest BCUT2D eigenvalue weighted by Crippen LogP contribution is 2.50. The molecule has 1 unspecified atom stereocenters. The molecule has 1 aliphatic heterocycles. The number of H-pyrrole nitrogens is 1. The van der Waals surface area contributed by atoms with Gasteiger partial charge in [-0.2, -0.15) is 0 Å².